The van der Waals surface area contributed by atoms with Gasteiger partial charge in [-0.15, -0.1) is 0 Å². The van der Waals surface area contributed by atoms with Crippen LogP contribution in [-0.2, 0) is 4.79 Å². The minimum absolute atomic E-state index is 0.169. The van der Waals surface area contributed by atoms with E-state index in [-0.39, 0.29) is 11.8 Å². The third kappa shape index (κ3) is 1.76. The van der Waals surface area contributed by atoms with Crippen LogP contribution in [0.2, 0.25) is 0 Å². The van der Waals surface area contributed by atoms with Gasteiger partial charge in [0.2, 0.25) is 5.91 Å². The summed E-state index contributed by atoms with van der Waals surface area (Å²) in [6.45, 7) is 2.34. The number of carbonyl (C=O) groups is 1. The van der Waals surface area contributed by atoms with Crippen LogP contribution in [0.15, 0.2) is 0 Å². The number of piperidine rings is 4. The third-order valence-corrected chi connectivity index (χ3v) is 5.91. The van der Waals surface area contributed by atoms with Crippen LogP contribution in [-0.4, -0.2) is 52.2 Å². The highest BCUT2D eigenvalue weighted by molar-refractivity contribution is 5.81. The zero-order chi connectivity index (χ0) is 13.0. The summed E-state index contributed by atoms with van der Waals surface area (Å²) in [6.07, 6.45) is 7.25. The summed E-state index contributed by atoms with van der Waals surface area (Å²) in [6, 6.07) is 0.781. The fourth-order valence-electron chi connectivity index (χ4n) is 5.08. The van der Waals surface area contributed by atoms with Crippen molar-refractivity contribution in [2.45, 2.75) is 63.3 Å². The molecule has 4 aliphatic rings. The van der Waals surface area contributed by atoms with Crippen molar-refractivity contribution in [2.24, 2.45) is 11.8 Å². The molecule has 4 saturated heterocycles. The lowest BCUT2D eigenvalue weighted by atomic mass is 9.70. The van der Waals surface area contributed by atoms with Gasteiger partial charge in [0.25, 0.3) is 0 Å². The maximum absolute atomic E-state index is 12.8. The van der Waals surface area contributed by atoms with Crippen LogP contribution >= 0.6 is 0 Å². The molecule has 5 atom stereocenters. The molecule has 19 heavy (non-hydrogen) atoms. The predicted molar refractivity (Wildman–Crippen MR) is 71.3 cm³/mol. The largest absolute Gasteiger partial charge is 0.374 e. The molecular weight excluding hydrogens is 240 g/mol. The van der Waals surface area contributed by atoms with E-state index in [0.717, 1.165) is 32.2 Å². The number of nitrogens with zero attached hydrogens (tertiary/aromatic N) is 2. The van der Waals surface area contributed by atoms with Gasteiger partial charge < -0.3 is 10.0 Å². The summed E-state index contributed by atoms with van der Waals surface area (Å²) in [7, 11) is 0. The molecule has 0 aromatic rings. The summed E-state index contributed by atoms with van der Waals surface area (Å²) in [5.41, 5.74) is 0. The zero-order valence-electron chi connectivity index (χ0n) is 11.5. The number of fused-ring (bicyclic) bond motifs is 6. The van der Waals surface area contributed by atoms with Gasteiger partial charge in [0, 0.05) is 18.6 Å². The molecule has 4 rings (SSSR count). The highest BCUT2D eigenvalue weighted by Crippen LogP contribution is 2.44. The molecular formula is C15H24N2O2. The Morgan fingerprint density at radius 1 is 1.05 bits per heavy atom. The molecule has 4 fully saturated rings. The van der Waals surface area contributed by atoms with Gasteiger partial charge >= 0.3 is 0 Å². The van der Waals surface area contributed by atoms with Crippen LogP contribution in [0.25, 0.3) is 0 Å². The molecule has 0 saturated carbocycles. The quantitative estimate of drug-likeness (QED) is 0.715. The normalized spacial score (nSPS) is 46.7. The summed E-state index contributed by atoms with van der Waals surface area (Å²) in [5, 5.41) is 10.2. The standard InChI is InChI=1S/C15H24N2O2/c18-14-6-3-5-12-10-8-11(15(19)17(12)14)13-4-1-2-7-16(13)9-10/h10-14,18H,1-9H2. The SMILES string of the molecule is O=C1C2CC(CN3CCCCC23)C2CCCC(O)N12. The first-order chi connectivity index (χ1) is 9.25. The molecule has 1 N–H and O–H groups in total. The maximum Gasteiger partial charge on any atom is 0.229 e. The van der Waals surface area contributed by atoms with Crippen molar-refractivity contribution >= 4 is 5.91 Å². The van der Waals surface area contributed by atoms with Crippen LogP contribution in [0.3, 0.4) is 0 Å². The second kappa shape index (κ2) is 4.45. The van der Waals surface area contributed by atoms with Gasteiger partial charge in [-0.25, -0.2) is 0 Å². The Bertz CT molecular complexity index is 386. The maximum atomic E-state index is 12.8. The zero-order valence-corrected chi connectivity index (χ0v) is 11.5. The Kier molecular flexibility index (Phi) is 2.85. The van der Waals surface area contributed by atoms with Crippen molar-refractivity contribution in [3.05, 3.63) is 0 Å². The van der Waals surface area contributed by atoms with Gasteiger partial charge in [-0.3, -0.25) is 9.69 Å². The summed E-state index contributed by atoms with van der Waals surface area (Å²) in [4.78, 5) is 17.2. The fourth-order valence-corrected chi connectivity index (χ4v) is 5.08. The lowest BCUT2D eigenvalue weighted by Crippen LogP contribution is -2.67. The molecule has 0 aromatic carbocycles. The van der Waals surface area contributed by atoms with Crippen molar-refractivity contribution in [1.29, 1.82) is 0 Å². The summed E-state index contributed by atoms with van der Waals surface area (Å²) in [5.74, 6) is 1.03. The topological polar surface area (TPSA) is 43.8 Å². The van der Waals surface area contributed by atoms with E-state index in [9.17, 15) is 9.90 Å². The summed E-state index contributed by atoms with van der Waals surface area (Å²) >= 11 is 0. The number of hydrogen-bond donors (Lipinski definition) is 1. The molecule has 4 heteroatoms. The lowest BCUT2D eigenvalue weighted by molar-refractivity contribution is -0.179. The predicted octanol–water partition coefficient (Wildman–Crippen LogP) is 1.19. The van der Waals surface area contributed by atoms with E-state index in [1.807, 2.05) is 4.90 Å². The monoisotopic (exact) mass is 264 g/mol. The van der Waals surface area contributed by atoms with E-state index in [1.165, 1.54) is 25.8 Å². The molecule has 106 valence electrons. The molecule has 4 aliphatic heterocycles. The Hall–Kier alpha value is -0.610. The van der Waals surface area contributed by atoms with E-state index in [2.05, 4.69) is 4.90 Å². The average molecular weight is 264 g/mol. The van der Waals surface area contributed by atoms with Gasteiger partial charge in [-0.2, -0.15) is 0 Å². The van der Waals surface area contributed by atoms with E-state index >= 15 is 0 Å². The number of aliphatic hydroxyl groups is 1. The van der Waals surface area contributed by atoms with Crippen LogP contribution in [0.5, 0.6) is 0 Å². The number of amides is 1. The van der Waals surface area contributed by atoms with Crippen molar-refractivity contribution in [2.75, 3.05) is 13.1 Å². The molecule has 2 bridgehead atoms. The highest BCUT2D eigenvalue weighted by Gasteiger charge is 2.52. The number of hydrogen-bond acceptors (Lipinski definition) is 3. The Balaban J connectivity index is 1.65. The van der Waals surface area contributed by atoms with E-state index in [1.54, 1.807) is 0 Å². The van der Waals surface area contributed by atoms with E-state index in [0.29, 0.717) is 18.0 Å². The number of rotatable bonds is 0. The van der Waals surface area contributed by atoms with Crippen molar-refractivity contribution in [3.63, 3.8) is 0 Å². The molecule has 0 aromatic heterocycles. The second-order valence-electron chi connectivity index (χ2n) is 6.88. The average Bonchev–Trinajstić information content (AvgIpc) is 2.44. The Morgan fingerprint density at radius 3 is 2.79 bits per heavy atom. The van der Waals surface area contributed by atoms with E-state index in [4.69, 9.17) is 0 Å². The van der Waals surface area contributed by atoms with Crippen LogP contribution in [0, 0.1) is 11.8 Å². The van der Waals surface area contributed by atoms with Crippen molar-refractivity contribution in [3.8, 4) is 0 Å². The first-order valence-electron chi connectivity index (χ1n) is 8.00. The molecule has 5 unspecified atom stereocenters. The van der Waals surface area contributed by atoms with Gasteiger partial charge in [0.1, 0.15) is 6.23 Å². The van der Waals surface area contributed by atoms with Gasteiger partial charge in [0.15, 0.2) is 0 Å². The van der Waals surface area contributed by atoms with Gasteiger partial charge in [0.05, 0.1) is 5.92 Å². The minimum atomic E-state index is -0.508. The third-order valence-electron chi connectivity index (χ3n) is 5.91. The molecule has 1 amide bonds. The number of carbonyl (C=O) groups excluding carboxylic acids is 1. The molecule has 4 heterocycles. The first kappa shape index (κ1) is 12.2. The smallest absolute Gasteiger partial charge is 0.229 e. The molecule has 0 radical (unpaired) electrons. The lowest BCUT2D eigenvalue weighted by Gasteiger charge is -2.57. The molecule has 0 aliphatic carbocycles. The van der Waals surface area contributed by atoms with Crippen LogP contribution in [0.4, 0.5) is 0 Å². The van der Waals surface area contributed by atoms with Crippen molar-refractivity contribution in [1.82, 2.24) is 9.80 Å². The summed E-state index contributed by atoms with van der Waals surface area (Å²) < 4.78 is 0. The number of aliphatic hydroxyl groups excluding tert-OH is 1. The second-order valence-corrected chi connectivity index (χ2v) is 6.88. The minimum Gasteiger partial charge on any atom is -0.374 e. The first-order valence-corrected chi connectivity index (χ1v) is 8.00. The van der Waals surface area contributed by atoms with Gasteiger partial charge in [-0.1, -0.05) is 6.42 Å². The molecule has 0 spiro atoms. The Morgan fingerprint density at radius 2 is 1.89 bits per heavy atom. The fraction of sp³-hybridized carbons (Fsp3) is 0.933. The van der Waals surface area contributed by atoms with Crippen molar-refractivity contribution < 1.29 is 9.90 Å². The van der Waals surface area contributed by atoms with Gasteiger partial charge in [-0.05, 0) is 51.0 Å². The molecule has 4 nitrogen and oxygen atoms in total. The van der Waals surface area contributed by atoms with E-state index < -0.39 is 6.23 Å². The Labute approximate surface area is 114 Å². The highest BCUT2D eigenvalue weighted by atomic mass is 16.3. The van der Waals surface area contributed by atoms with Crippen LogP contribution < -0.4 is 0 Å². The van der Waals surface area contributed by atoms with Crippen LogP contribution in [0.1, 0.15) is 44.9 Å².